The van der Waals surface area contributed by atoms with E-state index in [2.05, 4.69) is 31.3 Å². The predicted octanol–water partition coefficient (Wildman–Crippen LogP) is 1.59. The molecule has 6 heterocycles. The van der Waals surface area contributed by atoms with Crippen LogP contribution in [0.4, 0.5) is 21.6 Å². The molecule has 0 radical (unpaired) electrons. The molecule has 316 valence electrons. The van der Waals surface area contributed by atoms with Crippen LogP contribution in [0, 0.1) is 0 Å². The molecule has 2 saturated heterocycles. The normalized spacial score (nSPS) is 19.4. The fourth-order valence-corrected chi connectivity index (χ4v) is 7.80. The molecule has 60 heavy (non-hydrogen) atoms. The summed E-state index contributed by atoms with van der Waals surface area (Å²) in [5, 5.41) is 15.6. The van der Waals surface area contributed by atoms with E-state index >= 15 is 0 Å². The molecule has 2 aliphatic heterocycles. The first-order valence-electron chi connectivity index (χ1n) is 20.0. The maximum atomic E-state index is 13.7. The second-order valence-electron chi connectivity index (χ2n) is 15.2. The van der Waals surface area contributed by atoms with Gasteiger partial charge < -0.3 is 34.9 Å². The summed E-state index contributed by atoms with van der Waals surface area (Å²) < 4.78 is 30.8. The second-order valence-corrected chi connectivity index (χ2v) is 15.2. The minimum Gasteiger partial charge on any atom is -0.385 e. The Labute approximate surface area is 341 Å². The maximum absolute atomic E-state index is 13.7. The number of carbonyl (C=O) groups is 4. The number of aryl methyl sites for hydroxylation is 1. The molecule has 19 nitrogen and oxygen atoms in total. The van der Waals surface area contributed by atoms with Crippen LogP contribution in [0.15, 0.2) is 58.4 Å². The Morgan fingerprint density at radius 2 is 1.77 bits per heavy atom. The lowest BCUT2D eigenvalue weighted by atomic mass is 10.0. The molecule has 4 aromatic heterocycles. The van der Waals surface area contributed by atoms with Crippen LogP contribution in [0.3, 0.4) is 0 Å². The Bertz CT molecular complexity index is 2590. The van der Waals surface area contributed by atoms with Gasteiger partial charge in [0.05, 0.1) is 48.8 Å². The number of fused-ring (bicyclic) bond motifs is 2. The van der Waals surface area contributed by atoms with Crippen molar-refractivity contribution in [2.24, 2.45) is 7.05 Å². The Hall–Kier alpha value is -6.41. The van der Waals surface area contributed by atoms with E-state index in [0.717, 1.165) is 5.56 Å². The number of halogens is 1. The molecular weight excluding hydrogens is 782 g/mol. The Morgan fingerprint density at radius 1 is 0.983 bits per heavy atom. The number of imide groups is 1. The Kier molecular flexibility index (Phi) is 11.5. The highest BCUT2D eigenvalue weighted by Gasteiger charge is 2.39. The number of nitrogens with one attached hydrogen (secondary N) is 4. The summed E-state index contributed by atoms with van der Waals surface area (Å²) in [4.78, 5) is 82.6. The van der Waals surface area contributed by atoms with Crippen molar-refractivity contribution < 1.29 is 33.0 Å². The summed E-state index contributed by atoms with van der Waals surface area (Å²) in [6.45, 7) is 1.73. The first kappa shape index (κ1) is 40.4. The van der Waals surface area contributed by atoms with Gasteiger partial charge in [0.15, 0.2) is 17.2 Å². The second kappa shape index (κ2) is 17.1. The molecule has 3 atom stereocenters. The van der Waals surface area contributed by atoms with Crippen molar-refractivity contribution in [2.45, 2.75) is 62.8 Å². The zero-order valence-electron chi connectivity index (χ0n) is 33.2. The average molecular weight is 828 g/mol. The number of benzene rings is 1. The predicted molar refractivity (Wildman–Crippen MR) is 216 cm³/mol. The number of imidazole rings is 2. The number of anilines is 3. The third kappa shape index (κ3) is 8.24. The molecule has 1 unspecified atom stereocenters. The van der Waals surface area contributed by atoms with Gasteiger partial charge in [-0.3, -0.25) is 38.4 Å². The van der Waals surface area contributed by atoms with Crippen molar-refractivity contribution in [3.05, 3.63) is 80.9 Å². The number of nitrogens with zero attached hydrogens (tertiary/aromatic N) is 7. The van der Waals surface area contributed by atoms with Crippen molar-refractivity contribution in [3.63, 3.8) is 0 Å². The van der Waals surface area contributed by atoms with Crippen LogP contribution in [0.2, 0.25) is 0 Å². The van der Waals surface area contributed by atoms with Crippen molar-refractivity contribution >= 4 is 57.5 Å². The highest BCUT2D eigenvalue weighted by Crippen LogP contribution is 2.28. The van der Waals surface area contributed by atoms with Gasteiger partial charge >= 0.3 is 5.69 Å². The van der Waals surface area contributed by atoms with Gasteiger partial charge in [-0.15, -0.1) is 5.10 Å². The van der Waals surface area contributed by atoms with Gasteiger partial charge in [-0.1, -0.05) is 6.07 Å². The molecular formula is C40H46FN11O8. The van der Waals surface area contributed by atoms with E-state index in [0.29, 0.717) is 67.1 Å². The lowest BCUT2D eigenvalue weighted by Crippen LogP contribution is -2.44. The number of hydrogen-bond donors (Lipinski definition) is 4. The van der Waals surface area contributed by atoms with Gasteiger partial charge in [0, 0.05) is 58.3 Å². The zero-order valence-corrected chi connectivity index (χ0v) is 33.2. The topological polar surface area (TPSA) is 217 Å². The highest BCUT2D eigenvalue weighted by molar-refractivity contribution is 6.00. The molecule has 4 N–H and O–H groups in total. The summed E-state index contributed by atoms with van der Waals surface area (Å²) in [5.41, 5.74) is 3.03. The van der Waals surface area contributed by atoms with E-state index in [9.17, 15) is 33.2 Å². The number of pyridine rings is 1. The Balaban J connectivity index is 0.783. The van der Waals surface area contributed by atoms with E-state index in [1.807, 2.05) is 18.2 Å². The number of rotatable bonds is 15. The van der Waals surface area contributed by atoms with Crippen molar-refractivity contribution in [1.29, 1.82) is 0 Å². The fraction of sp³-hybridized carbons (Fsp3) is 0.450. The van der Waals surface area contributed by atoms with Gasteiger partial charge in [0.25, 0.3) is 11.5 Å². The van der Waals surface area contributed by atoms with Gasteiger partial charge in [0.2, 0.25) is 17.7 Å². The molecule has 3 fully saturated rings. The van der Waals surface area contributed by atoms with Gasteiger partial charge in [-0.2, -0.15) is 0 Å². The monoisotopic (exact) mass is 827 g/mol. The van der Waals surface area contributed by atoms with E-state index in [-0.39, 0.29) is 79.6 Å². The lowest BCUT2D eigenvalue weighted by Gasteiger charge is -2.33. The largest absolute Gasteiger partial charge is 0.385 e. The quantitative estimate of drug-likeness (QED) is 0.0875. The fourth-order valence-electron chi connectivity index (χ4n) is 7.80. The number of alkyl halides is 1. The molecule has 1 aromatic carbocycles. The number of carbonyl (C=O) groups excluding carboxylic acids is 4. The molecule has 5 aromatic rings. The number of likely N-dealkylation sites (tertiary alicyclic amines) is 1. The molecule has 1 aliphatic carbocycles. The molecule has 8 rings (SSSR count). The molecule has 0 spiro atoms. The molecule has 20 heteroatoms. The third-order valence-corrected chi connectivity index (χ3v) is 11.3. The molecule has 4 amide bonds. The first-order valence-corrected chi connectivity index (χ1v) is 20.0. The van der Waals surface area contributed by atoms with Crippen LogP contribution >= 0.6 is 0 Å². The number of amides is 4. The van der Waals surface area contributed by atoms with E-state index in [1.54, 1.807) is 48.0 Å². The van der Waals surface area contributed by atoms with Gasteiger partial charge in [0.1, 0.15) is 24.5 Å². The van der Waals surface area contributed by atoms with E-state index in [1.165, 1.54) is 19.8 Å². The van der Waals surface area contributed by atoms with Crippen LogP contribution in [0.1, 0.15) is 60.2 Å². The average Bonchev–Trinajstić information content (AvgIpc) is 3.65. The van der Waals surface area contributed by atoms with Crippen LogP contribution < -0.4 is 32.5 Å². The summed E-state index contributed by atoms with van der Waals surface area (Å²) in [7, 11) is 3.35. The zero-order chi connectivity index (χ0) is 42.1. The number of ether oxygens (including phenoxy) is 2. The van der Waals surface area contributed by atoms with Crippen LogP contribution in [-0.2, 0) is 37.3 Å². The lowest BCUT2D eigenvalue weighted by molar-refractivity contribution is -0.138. The molecule has 1 saturated carbocycles. The SMILES string of the molecule is CNc1cc(Nc2cccn(C3CCN(C(=O)COCCOCCc4ccc5c(c4)n(C)c(=O)n5C4CCC(=O)NC4=O)CC3)c2=O)nn2c(C(=O)N[C@@H]3C[C@@H]3F)cnc12. The minimum atomic E-state index is -1.06. The number of aromatic nitrogens is 6. The van der Waals surface area contributed by atoms with Crippen molar-refractivity contribution in [2.75, 3.05) is 57.2 Å². The van der Waals surface area contributed by atoms with Crippen LogP contribution in [0.25, 0.3) is 16.7 Å². The molecule has 0 bridgehead atoms. The van der Waals surface area contributed by atoms with E-state index < -0.39 is 30.1 Å². The van der Waals surface area contributed by atoms with Gasteiger partial charge in [-0.25, -0.2) is 18.7 Å². The Morgan fingerprint density at radius 3 is 2.52 bits per heavy atom. The summed E-state index contributed by atoms with van der Waals surface area (Å²) >= 11 is 0. The first-order chi connectivity index (χ1) is 29.0. The minimum absolute atomic E-state index is 0.0918. The van der Waals surface area contributed by atoms with Crippen molar-refractivity contribution in [3.8, 4) is 0 Å². The third-order valence-electron chi connectivity index (χ3n) is 11.3. The van der Waals surface area contributed by atoms with Gasteiger partial charge in [-0.05, 0) is 55.5 Å². The number of hydrogen-bond acceptors (Lipinski definition) is 12. The highest BCUT2D eigenvalue weighted by atomic mass is 19.1. The standard InChI is InChI=1S/C40H46FN11O8/c1-42-28-20-33(47-52-32(21-43-36(28)52)38(56)45-27-19-25(27)41)44-26-4-3-12-50(39(26)57)24-9-13-49(14-10-24)35(54)22-60-17-16-59-15-11-23-5-6-29-31(18-23)48(2)40(58)51(29)30-7-8-34(53)46-37(30)55/h3-6,12,18,20-21,24-25,27,30,42H,7-11,13-17,19,22H2,1-2H3,(H,44,47)(H,45,56)(H,46,53,55)/t25-,27+,30?/m0/s1. The summed E-state index contributed by atoms with van der Waals surface area (Å²) in [5.74, 6) is -1.16. The van der Waals surface area contributed by atoms with E-state index in [4.69, 9.17) is 9.47 Å². The molecule has 3 aliphatic rings. The van der Waals surface area contributed by atoms with Crippen LogP contribution in [0.5, 0.6) is 0 Å². The maximum Gasteiger partial charge on any atom is 0.329 e. The number of piperidine rings is 2. The van der Waals surface area contributed by atoms with Crippen LogP contribution in [-0.4, -0.2) is 116 Å². The van der Waals surface area contributed by atoms with Crippen molar-refractivity contribution in [1.82, 2.24) is 43.8 Å². The summed E-state index contributed by atoms with van der Waals surface area (Å²) in [6.07, 6.45) is 4.48. The summed E-state index contributed by atoms with van der Waals surface area (Å²) in [6, 6.07) is 9.28. The smallest absolute Gasteiger partial charge is 0.329 e.